The molecule has 2 aliphatic heterocycles. The van der Waals surface area contributed by atoms with Gasteiger partial charge in [0, 0.05) is 6.54 Å². The molecule has 0 saturated carbocycles. The number of nitrogens with one attached hydrogen (secondary N) is 1. The minimum absolute atomic E-state index is 0.113. The molecular weight excluding hydrogens is 276 g/mol. The first-order chi connectivity index (χ1) is 10.8. The van der Waals surface area contributed by atoms with Crippen molar-refractivity contribution < 1.29 is 4.79 Å². The zero-order valence-corrected chi connectivity index (χ0v) is 12.8. The van der Waals surface area contributed by atoms with E-state index in [0.29, 0.717) is 6.54 Å². The van der Waals surface area contributed by atoms with Crippen molar-refractivity contribution in [1.82, 2.24) is 19.8 Å². The lowest BCUT2D eigenvalue weighted by Crippen LogP contribution is -2.39. The Morgan fingerprint density at radius 3 is 2.82 bits per heavy atom. The first-order valence-electron chi connectivity index (χ1n) is 8.28. The van der Waals surface area contributed by atoms with Crippen LogP contribution in [-0.4, -0.2) is 51.9 Å². The number of H-pyrrole nitrogens is 1. The largest absolute Gasteiger partial charge is 0.340 e. The second-order valence-corrected chi connectivity index (χ2v) is 6.37. The van der Waals surface area contributed by atoms with Gasteiger partial charge < -0.3 is 9.88 Å². The summed E-state index contributed by atoms with van der Waals surface area (Å²) < 4.78 is 0. The van der Waals surface area contributed by atoms with Crippen LogP contribution in [0.4, 0.5) is 0 Å². The molecule has 116 valence electrons. The smallest absolute Gasteiger partial charge is 0.237 e. The van der Waals surface area contributed by atoms with Gasteiger partial charge in [-0.15, -0.1) is 0 Å². The van der Waals surface area contributed by atoms with Crippen LogP contribution in [0.25, 0.3) is 11.0 Å². The van der Waals surface area contributed by atoms with Gasteiger partial charge in [0.25, 0.3) is 0 Å². The molecule has 2 aromatic rings. The van der Waals surface area contributed by atoms with Crippen LogP contribution in [-0.2, 0) is 4.79 Å². The van der Waals surface area contributed by atoms with Crippen LogP contribution < -0.4 is 0 Å². The Hall–Kier alpha value is -1.88. The number of likely N-dealkylation sites (tertiary alicyclic amines) is 2. The van der Waals surface area contributed by atoms with Gasteiger partial charge in [0.2, 0.25) is 5.91 Å². The van der Waals surface area contributed by atoms with Gasteiger partial charge in [-0.25, -0.2) is 4.98 Å². The third kappa shape index (κ3) is 2.50. The molecule has 0 radical (unpaired) electrons. The molecule has 0 unspecified atom stereocenters. The fourth-order valence-corrected chi connectivity index (χ4v) is 3.70. The van der Waals surface area contributed by atoms with E-state index in [2.05, 4.69) is 9.88 Å². The molecule has 1 atom stereocenters. The molecule has 2 aliphatic rings. The van der Waals surface area contributed by atoms with Crippen molar-refractivity contribution in [2.75, 3.05) is 26.2 Å². The summed E-state index contributed by atoms with van der Waals surface area (Å²) in [4.78, 5) is 25.0. The molecule has 1 N–H and O–H groups in total. The summed E-state index contributed by atoms with van der Waals surface area (Å²) in [6.45, 7) is 3.55. The maximum atomic E-state index is 12.6. The Morgan fingerprint density at radius 1 is 1.18 bits per heavy atom. The van der Waals surface area contributed by atoms with Crippen LogP contribution in [0.1, 0.15) is 37.5 Å². The molecule has 0 bridgehead atoms. The van der Waals surface area contributed by atoms with Crippen molar-refractivity contribution in [2.45, 2.75) is 31.7 Å². The Kier molecular flexibility index (Phi) is 3.58. The van der Waals surface area contributed by atoms with Gasteiger partial charge in [0.1, 0.15) is 5.82 Å². The van der Waals surface area contributed by atoms with E-state index in [1.807, 2.05) is 29.2 Å². The van der Waals surface area contributed by atoms with Crippen molar-refractivity contribution in [3.05, 3.63) is 30.1 Å². The van der Waals surface area contributed by atoms with Crippen LogP contribution in [0.2, 0.25) is 0 Å². The summed E-state index contributed by atoms with van der Waals surface area (Å²) >= 11 is 0. The van der Waals surface area contributed by atoms with E-state index >= 15 is 0 Å². The molecule has 1 aromatic heterocycles. The van der Waals surface area contributed by atoms with Gasteiger partial charge in [-0.2, -0.15) is 0 Å². The molecule has 0 spiro atoms. The Bertz CT molecular complexity index is 641. The predicted molar refractivity (Wildman–Crippen MR) is 85.5 cm³/mol. The van der Waals surface area contributed by atoms with Crippen molar-refractivity contribution in [3.63, 3.8) is 0 Å². The highest BCUT2D eigenvalue weighted by atomic mass is 16.2. The minimum atomic E-state index is 0.113. The number of fused-ring (bicyclic) bond motifs is 1. The van der Waals surface area contributed by atoms with Crippen molar-refractivity contribution in [2.24, 2.45) is 0 Å². The number of nitrogens with zero attached hydrogens (tertiary/aromatic N) is 3. The maximum absolute atomic E-state index is 12.6. The predicted octanol–water partition coefficient (Wildman–Crippen LogP) is 2.32. The van der Waals surface area contributed by atoms with Gasteiger partial charge in [-0.05, 0) is 50.9 Å². The lowest BCUT2D eigenvalue weighted by molar-refractivity contribution is -0.133. The van der Waals surface area contributed by atoms with E-state index in [-0.39, 0.29) is 11.9 Å². The molecule has 5 nitrogen and oxygen atoms in total. The quantitative estimate of drug-likeness (QED) is 0.946. The maximum Gasteiger partial charge on any atom is 0.237 e. The number of hydrogen-bond donors (Lipinski definition) is 1. The van der Waals surface area contributed by atoms with Gasteiger partial charge in [0.05, 0.1) is 23.6 Å². The molecule has 3 heterocycles. The summed E-state index contributed by atoms with van der Waals surface area (Å²) in [7, 11) is 0. The van der Waals surface area contributed by atoms with E-state index in [1.165, 1.54) is 12.8 Å². The second kappa shape index (κ2) is 5.72. The number of carbonyl (C=O) groups is 1. The van der Waals surface area contributed by atoms with Crippen LogP contribution in [0.15, 0.2) is 24.3 Å². The Balaban J connectivity index is 1.53. The number of para-hydroxylation sites is 2. The van der Waals surface area contributed by atoms with E-state index in [4.69, 9.17) is 4.98 Å². The molecular formula is C17H22N4O. The van der Waals surface area contributed by atoms with Gasteiger partial charge >= 0.3 is 0 Å². The average molecular weight is 298 g/mol. The molecule has 22 heavy (non-hydrogen) atoms. The summed E-state index contributed by atoms with van der Waals surface area (Å²) in [6, 6.07) is 8.17. The number of benzene rings is 1. The van der Waals surface area contributed by atoms with Crippen molar-refractivity contribution in [3.8, 4) is 0 Å². The number of rotatable bonds is 3. The second-order valence-electron chi connectivity index (χ2n) is 6.37. The Labute approximate surface area is 130 Å². The molecule has 1 amide bonds. The molecule has 0 aliphatic carbocycles. The standard InChI is InChI=1S/C17H22N4O/c22-16(12-20-9-3-4-10-20)21-11-5-8-15(21)17-18-13-6-1-2-7-14(13)19-17/h1-2,6-7,15H,3-5,8-12H2,(H,18,19)/t15-/m0/s1. The SMILES string of the molecule is O=C(CN1CCCC1)N1CCC[C@H]1c1nc2ccccc2[nH]1. The molecule has 5 heteroatoms. The lowest BCUT2D eigenvalue weighted by atomic mass is 10.2. The zero-order valence-electron chi connectivity index (χ0n) is 12.8. The fraction of sp³-hybridized carbons (Fsp3) is 0.529. The summed E-state index contributed by atoms with van der Waals surface area (Å²) in [5.41, 5.74) is 2.03. The highest BCUT2D eigenvalue weighted by Gasteiger charge is 2.32. The van der Waals surface area contributed by atoms with Crippen LogP contribution in [0.5, 0.6) is 0 Å². The van der Waals surface area contributed by atoms with Crippen LogP contribution in [0.3, 0.4) is 0 Å². The van der Waals surface area contributed by atoms with E-state index in [0.717, 1.165) is 49.3 Å². The van der Waals surface area contributed by atoms with E-state index in [9.17, 15) is 4.79 Å². The van der Waals surface area contributed by atoms with Gasteiger partial charge in [-0.1, -0.05) is 12.1 Å². The average Bonchev–Trinajstić information content (AvgIpc) is 3.26. The molecule has 4 rings (SSSR count). The highest BCUT2D eigenvalue weighted by molar-refractivity contribution is 5.79. The molecule has 1 aromatic carbocycles. The summed E-state index contributed by atoms with van der Waals surface area (Å²) in [5, 5.41) is 0. The van der Waals surface area contributed by atoms with E-state index in [1.54, 1.807) is 0 Å². The molecule has 2 fully saturated rings. The normalized spacial score (nSPS) is 22.7. The topological polar surface area (TPSA) is 52.2 Å². The van der Waals surface area contributed by atoms with Gasteiger partial charge in [0.15, 0.2) is 0 Å². The lowest BCUT2D eigenvalue weighted by Gasteiger charge is -2.25. The van der Waals surface area contributed by atoms with Crippen LogP contribution in [0, 0.1) is 0 Å². The summed E-state index contributed by atoms with van der Waals surface area (Å²) in [6.07, 6.45) is 4.51. The first-order valence-corrected chi connectivity index (χ1v) is 8.28. The monoisotopic (exact) mass is 298 g/mol. The third-order valence-corrected chi connectivity index (χ3v) is 4.85. The van der Waals surface area contributed by atoms with E-state index < -0.39 is 0 Å². The molecule has 2 saturated heterocycles. The van der Waals surface area contributed by atoms with Crippen molar-refractivity contribution in [1.29, 1.82) is 0 Å². The number of carbonyl (C=O) groups excluding carboxylic acids is 1. The number of aromatic nitrogens is 2. The third-order valence-electron chi connectivity index (χ3n) is 4.85. The fourth-order valence-electron chi connectivity index (χ4n) is 3.70. The zero-order chi connectivity index (χ0) is 14.9. The summed E-state index contributed by atoms with van der Waals surface area (Å²) in [5.74, 6) is 1.19. The van der Waals surface area contributed by atoms with Gasteiger partial charge in [-0.3, -0.25) is 9.69 Å². The highest BCUT2D eigenvalue weighted by Crippen LogP contribution is 2.31. The number of amides is 1. The van der Waals surface area contributed by atoms with Crippen molar-refractivity contribution >= 4 is 16.9 Å². The van der Waals surface area contributed by atoms with Crippen LogP contribution >= 0.6 is 0 Å². The Morgan fingerprint density at radius 2 is 2.00 bits per heavy atom. The number of imidazole rings is 1. The number of hydrogen-bond acceptors (Lipinski definition) is 3. The minimum Gasteiger partial charge on any atom is -0.340 e. The first kappa shape index (κ1) is 13.8. The number of aromatic amines is 1.